The molecule has 2 rings (SSSR count). The first-order chi connectivity index (χ1) is 8.66. The van der Waals surface area contributed by atoms with Crippen LogP contribution in [0.1, 0.15) is 43.1 Å². The fourth-order valence-corrected chi connectivity index (χ4v) is 2.12. The molecule has 0 unspecified atom stereocenters. The molecule has 1 atom stereocenters. The molecule has 0 fully saturated rings. The molecule has 0 saturated carbocycles. The molecule has 1 heterocycles. The Morgan fingerprint density at radius 1 is 1.44 bits per heavy atom. The largest absolute Gasteiger partial charge is 0.345 e. The third-order valence-electron chi connectivity index (χ3n) is 3.13. The minimum absolute atomic E-state index is 0.00140. The van der Waals surface area contributed by atoms with E-state index in [1.807, 2.05) is 6.92 Å². The topological polar surface area (TPSA) is 74.8 Å². The first kappa shape index (κ1) is 12.5. The molecule has 1 aliphatic rings. The number of aromatic amines is 1. The second kappa shape index (κ2) is 5.62. The Bertz CT molecular complexity index is 519. The Balaban J connectivity index is 2.03. The van der Waals surface area contributed by atoms with Crippen LogP contribution >= 0.6 is 0 Å². The van der Waals surface area contributed by atoms with Crippen molar-refractivity contribution in [1.29, 1.82) is 0 Å². The molecule has 5 heteroatoms. The molecule has 1 amide bonds. The zero-order valence-corrected chi connectivity index (χ0v) is 10.4. The van der Waals surface area contributed by atoms with Crippen LogP contribution in [0.5, 0.6) is 0 Å². The van der Waals surface area contributed by atoms with Crippen molar-refractivity contribution in [2.24, 2.45) is 0 Å². The van der Waals surface area contributed by atoms with Gasteiger partial charge in [-0.3, -0.25) is 14.6 Å². The third kappa shape index (κ3) is 3.06. The van der Waals surface area contributed by atoms with E-state index in [-0.39, 0.29) is 23.2 Å². The normalized spacial score (nSPS) is 16.8. The van der Waals surface area contributed by atoms with E-state index in [4.69, 9.17) is 0 Å². The number of carbonyl (C=O) groups is 1. The van der Waals surface area contributed by atoms with Gasteiger partial charge in [-0.2, -0.15) is 0 Å². The second-order valence-electron chi connectivity index (χ2n) is 4.53. The lowest BCUT2D eigenvalue weighted by Crippen LogP contribution is -2.35. The number of H-pyrrole nitrogens is 1. The molecule has 0 radical (unpaired) electrons. The molecule has 0 bridgehead atoms. The summed E-state index contributed by atoms with van der Waals surface area (Å²) in [5.41, 5.74) is 1.10. The second-order valence-corrected chi connectivity index (χ2v) is 4.53. The lowest BCUT2D eigenvalue weighted by Gasteiger charge is -2.20. The number of nitrogens with zero attached hydrogens (tertiary/aromatic N) is 1. The van der Waals surface area contributed by atoms with E-state index in [1.54, 1.807) is 0 Å². The molecule has 0 spiro atoms. The van der Waals surface area contributed by atoms with E-state index in [0.717, 1.165) is 19.0 Å². The van der Waals surface area contributed by atoms with Crippen LogP contribution in [0.15, 0.2) is 28.8 Å². The zero-order valence-electron chi connectivity index (χ0n) is 10.4. The molecule has 96 valence electrons. The van der Waals surface area contributed by atoms with Crippen LogP contribution in [0.3, 0.4) is 0 Å². The molecule has 0 aromatic carbocycles. The summed E-state index contributed by atoms with van der Waals surface area (Å²) in [5.74, 6) is -0.292. The van der Waals surface area contributed by atoms with E-state index in [1.165, 1.54) is 24.6 Å². The molecular weight excluding hydrogens is 230 g/mol. The van der Waals surface area contributed by atoms with Gasteiger partial charge in [0.15, 0.2) is 0 Å². The van der Waals surface area contributed by atoms with Crippen LogP contribution in [0.25, 0.3) is 0 Å². The first-order valence-corrected chi connectivity index (χ1v) is 6.21. The van der Waals surface area contributed by atoms with Gasteiger partial charge in [0.05, 0.1) is 12.4 Å². The minimum atomic E-state index is -0.368. The quantitative estimate of drug-likeness (QED) is 0.792. The van der Waals surface area contributed by atoms with E-state index in [2.05, 4.69) is 21.4 Å². The summed E-state index contributed by atoms with van der Waals surface area (Å²) in [6.45, 7) is 1.96. The van der Waals surface area contributed by atoms with Gasteiger partial charge in [0.2, 0.25) is 0 Å². The highest BCUT2D eigenvalue weighted by Gasteiger charge is 2.15. The maximum absolute atomic E-state index is 11.9. The van der Waals surface area contributed by atoms with Gasteiger partial charge in [0.25, 0.3) is 11.5 Å². The first-order valence-electron chi connectivity index (χ1n) is 6.21. The van der Waals surface area contributed by atoms with Crippen molar-refractivity contribution < 1.29 is 4.79 Å². The van der Waals surface area contributed by atoms with Gasteiger partial charge in [-0.05, 0) is 32.6 Å². The van der Waals surface area contributed by atoms with E-state index < -0.39 is 0 Å². The summed E-state index contributed by atoms with van der Waals surface area (Å²) >= 11 is 0. The van der Waals surface area contributed by atoms with Crippen molar-refractivity contribution in [3.05, 3.63) is 40.1 Å². The van der Waals surface area contributed by atoms with Crippen LogP contribution in [0, 0.1) is 0 Å². The highest BCUT2D eigenvalue weighted by Crippen LogP contribution is 2.20. The van der Waals surface area contributed by atoms with Gasteiger partial charge >= 0.3 is 0 Å². The van der Waals surface area contributed by atoms with Gasteiger partial charge in [-0.15, -0.1) is 0 Å². The average Bonchev–Trinajstić information content (AvgIpc) is 2.39. The Morgan fingerprint density at radius 3 is 2.94 bits per heavy atom. The molecule has 0 aliphatic heterocycles. The van der Waals surface area contributed by atoms with Crippen molar-refractivity contribution in [2.45, 2.75) is 38.6 Å². The van der Waals surface area contributed by atoms with Gasteiger partial charge in [0, 0.05) is 6.04 Å². The van der Waals surface area contributed by atoms with Crippen molar-refractivity contribution in [1.82, 2.24) is 15.3 Å². The standard InChI is InChI=1S/C13H17N3O2/c1-9(10-5-3-2-4-6-10)15-13(18)11-7-14-8-12(17)16-11/h5,7-9H,2-4,6H2,1H3,(H,15,18)(H,16,17)/t9-/m1/s1. The lowest BCUT2D eigenvalue weighted by molar-refractivity contribution is 0.0939. The SMILES string of the molecule is C[C@@H](NC(=O)c1cncc(=O)[nH]1)C1=CCCCC1. The molecule has 0 saturated heterocycles. The van der Waals surface area contributed by atoms with E-state index >= 15 is 0 Å². The smallest absolute Gasteiger partial charge is 0.269 e. The summed E-state index contributed by atoms with van der Waals surface area (Å²) in [4.78, 5) is 29.1. The number of hydrogen-bond donors (Lipinski definition) is 2. The number of hydrogen-bond acceptors (Lipinski definition) is 3. The van der Waals surface area contributed by atoms with Gasteiger partial charge < -0.3 is 10.3 Å². The molecule has 5 nitrogen and oxygen atoms in total. The maximum atomic E-state index is 11.9. The summed E-state index contributed by atoms with van der Waals surface area (Å²) in [6.07, 6.45) is 9.21. The van der Waals surface area contributed by atoms with Gasteiger partial charge in [0.1, 0.15) is 5.69 Å². The number of rotatable bonds is 3. The van der Waals surface area contributed by atoms with Gasteiger partial charge in [-0.25, -0.2) is 0 Å². The fourth-order valence-electron chi connectivity index (χ4n) is 2.12. The van der Waals surface area contributed by atoms with Crippen LogP contribution in [-0.4, -0.2) is 21.9 Å². The molecule has 2 N–H and O–H groups in total. The van der Waals surface area contributed by atoms with Gasteiger partial charge in [-0.1, -0.05) is 11.6 Å². The predicted molar refractivity (Wildman–Crippen MR) is 68.3 cm³/mol. The molecule has 1 aromatic heterocycles. The Kier molecular flexibility index (Phi) is 3.92. The third-order valence-corrected chi connectivity index (χ3v) is 3.13. The highest BCUT2D eigenvalue weighted by molar-refractivity contribution is 5.92. The van der Waals surface area contributed by atoms with Crippen LogP contribution in [-0.2, 0) is 0 Å². The summed E-state index contributed by atoms with van der Waals surface area (Å²) in [5, 5.41) is 2.88. The summed E-state index contributed by atoms with van der Waals surface area (Å²) in [7, 11) is 0. The Hall–Kier alpha value is -1.91. The number of carbonyl (C=O) groups excluding carboxylic acids is 1. The molecule has 18 heavy (non-hydrogen) atoms. The number of aromatic nitrogens is 2. The van der Waals surface area contributed by atoms with Crippen molar-refractivity contribution in [3.63, 3.8) is 0 Å². The molecule has 1 aromatic rings. The maximum Gasteiger partial charge on any atom is 0.269 e. The number of nitrogens with one attached hydrogen (secondary N) is 2. The monoisotopic (exact) mass is 247 g/mol. The summed E-state index contributed by atoms with van der Waals surface area (Å²) < 4.78 is 0. The predicted octanol–water partition coefficient (Wildman–Crippen LogP) is 1.39. The van der Waals surface area contributed by atoms with Crippen molar-refractivity contribution >= 4 is 5.91 Å². The zero-order chi connectivity index (χ0) is 13.0. The fraction of sp³-hybridized carbons (Fsp3) is 0.462. The molecule has 1 aliphatic carbocycles. The summed E-state index contributed by atoms with van der Waals surface area (Å²) in [6, 6.07) is 0.00140. The average molecular weight is 247 g/mol. The minimum Gasteiger partial charge on any atom is -0.345 e. The number of allylic oxidation sites excluding steroid dienone is 1. The molecular formula is C13H17N3O2. The highest BCUT2D eigenvalue weighted by atomic mass is 16.2. The van der Waals surface area contributed by atoms with E-state index in [9.17, 15) is 9.59 Å². The van der Waals surface area contributed by atoms with Crippen molar-refractivity contribution in [2.75, 3.05) is 0 Å². The number of amides is 1. The van der Waals surface area contributed by atoms with E-state index in [0.29, 0.717) is 0 Å². The van der Waals surface area contributed by atoms with Crippen LogP contribution < -0.4 is 10.9 Å². The Morgan fingerprint density at radius 2 is 2.28 bits per heavy atom. The lowest BCUT2D eigenvalue weighted by atomic mass is 9.95. The Labute approximate surface area is 105 Å². The van der Waals surface area contributed by atoms with Crippen molar-refractivity contribution in [3.8, 4) is 0 Å². The van der Waals surface area contributed by atoms with Crippen LogP contribution in [0.4, 0.5) is 0 Å². The van der Waals surface area contributed by atoms with Crippen LogP contribution in [0.2, 0.25) is 0 Å².